The van der Waals surface area contributed by atoms with Crippen molar-refractivity contribution in [1.82, 2.24) is 4.57 Å². The van der Waals surface area contributed by atoms with Gasteiger partial charge in [-0.3, -0.25) is 10.1 Å². The molecule has 1 N–H and O–H groups in total. The zero-order chi connectivity index (χ0) is 14.0. The predicted molar refractivity (Wildman–Crippen MR) is 71.3 cm³/mol. The predicted octanol–water partition coefficient (Wildman–Crippen LogP) is 2.91. The summed E-state index contributed by atoms with van der Waals surface area (Å²) in [7, 11) is 0. The van der Waals surface area contributed by atoms with Gasteiger partial charge < -0.3 is 9.67 Å². The first-order chi connectivity index (χ1) is 8.99. The van der Waals surface area contributed by atoms with Crippen LogP contribution in [0.2, 0.25) is 0 Å². The molecule has 0 aliphatic rings. The van der Waals surface area contributed by atoms with Crippen molar-refractivity contribution in [1.29, 1.82) is 0 Å². The maximum absolute atomic E-state index is 11.0. The van der Waals surface area contributed by atoms with Crippen LogP contribution in [0.4, 0.5) is 5.69 Å². The number of aromatic carboxylic acids is 1. The molecule has 0 fully saturated rings. The van der Waals surface area contributed by atoms with Crippen LogP contribution in [0.5, 0.6) is 0 Å². The largest absolute Gasteiger partial charge is 0.477 e. The van der Waals surface area contributed by atoms with Gasteiger partial charge in [0.2, 0.25) is 0 Å². The Morgan fingerprint density at radius 1 is 1.42 bits per heavy atom. The standard InChI is InChI=1S/C12H9BrN2O4/c13-9-4-3-8(11(6-9)15(18)19)7-14-5-1-2-10(14)12(16)17/h1-6H,7H2,(H,16,17). The van der Waals surface area contributed by atoms with Gasteiger partial charge in [0.15, 0.2) is 0 Å². The number of hydrogen-bond acceptors (Lipinski definition) is 3. The molecule has 0 radical (unpaired) electrons. The molecule has 7 heteroatoms. The summed E-state index contributed by atoms with van der Waals surface area (Å²) >= 11 is 3.17. The molecule has 0 atom stereocenters. The van der Waals surface area contributed by atoms with Crippen LogP contribution < -0.4 is 0 Å². The van der Waals surface area contributed by atoms with Gasteiger partial charge in [0.05, 0.1) is 11.5 Å². The van der Waals surface area contributed by atoms with E-state index >= 15 is 0 Å². The molecule has 0 saturated carbocycles. The maximum atomic E-state index is 11.0. The lowest BCUT2D eigenvalue weighted by atomic mass is 10.2. The average Bonchev–Trinajstić information content (AvgIpc) is 2.79. The molecule has 0 unspecified atom stereocenters. The first-order valence-electron chi connectivity index (χ1n) is 5.30. The number of benzene rings is 1. The van der Waals surface area contributed by atoms with Gasteiger partial charge in [-0.2, -0.15) is 0 Å². The molecule has 0 aliphatic carbocycles. The van der Waals surface area contributed by atoms with Gasteiger partial charge in [-0.1, -0.05) is 15.9 Å². The lowest BCUT2D eigenvalue weighted by molar-refractivity contribution is -0.385. The fourth-order valence-electron chi connectivity index (χ4n) is 1.77. The fourth-order valence-corrected chi connectivity index (χ4v) is 2.12. The molecule has 1 heterocycles. The number of hydrogen-bond donors (Lipinski definition) is 1. The highest BCUT2D eigenvalue weighted by Crippen LogP contribution is 2.24. The van der Waals surface area contributed by atoms with E-state index in [9.17, 15) is 14.9 Å². The summed E-state index contributed by atoms with van der Waals surface area (Å²) in [4.78, 5) is 21.5. The van der Waals surface area contributed by atoms with E-state index in [-0.39, 0.29) is 17.9 Å². The Bertz CT molecular complexity index is 651. The van der Waals surface area contributed by atoms with Crippen molar-refractivity contribution < 1.29 is 14.8 Å². The number of halogens is 1. The molecule has 0 saturated heterocycles. The van der Waals surface area contributed by atoms with E-state index in [4.69, 9.17) is 5.11 Å². The van der Waals surface area contributed by atoms with Crippen LogP contribution in [0, 0.1) is 10.1 Å². The van der Waals surface area contributed by atoms with Crippen molar-refractivity contribution in [2.75, 3.05) is 0 Å². The molecule has 1 aromatic heterocycles. The minimum atomic E-state index is -1.07. The van der Waals surface area contributed by atoms with Crippen LogP contribution in [0.15, 0.2) is 41.0 Å². The molecule has 19 heavy (non-hydrogen) atoms. The van der Waals surface area contributed by atoms with E-state index in [1.807, 2.05) is 0 Å². The van der Waals surface area contributed by atoms with Crippen LogP contribution in [0.25, 0.3) is 0 Å². The van der Waals surface area contributed by atoms with Crippen molar-refractivity contribution in [2.45, 2.75) is 6.54 Å². The third-order valence-corrected chi connectivity index (χ3v) is 3.13. The minimum Gasteiger partial charge on any atom is -0.477 e. The average molecular weight is 325 g/mol. The third kappa shape index (κ3) is 2.82. The number of nitrogens with zero attached hydrogens (tertiary/aromatic N) is 2. The topological polar surface area (TPSA) is 85.4 Å². The van der Waals surface area contributed by atoms with Gasteiger partial charge in [-0.05, 0) is 24.3 Å². The first-order valence-corrected chi connectivity index (χ1v) is 6.09. The smallest absolute Gasteiger partial charge is 0.352 e. The zero-order valence-electron chi connectivity index (χ0n) is 9.62. The molecule has 0 spiro atoms. The molecule has 1 aromatic carbocycles. The van der Waals surface area contributed by atoms with Crippen molar-refractivity contribution >= 4 is 27.6 Å². The van der Waals surface area contributed by atoms with Gasteiger partial charge in [-0.15, -0.1) is 0 Å². The fraction of sp³-hybridized carbons (Fsp3) is 0.0833. The van der Waals surface area contributed by atoms with E-state index in [1.54, 1.807) is 24.4 Å². The second-order valence-corrected chi connectivity index (χ2v) is 4.77. The summed E-state index contributed by atoms with van der Waals surface area (Å²) < 4.78 is 2.06. The Morgan fingerprint density at radius 2 is 2.16 bits per heavy atom. The lowest BCUT2D eigenvalue weighted by Crippen LogP contribution is -2.09. The van der Waals surface area contributed by atoms with E-state index in [1.165, 1.54) is 16.7 Å². The van der Waals surface area contributed by atoms with Crippen LogP contribution >= 0.6 is 15.9 Å². The Hall–Kier alpha value is -2.15. The molecule has 2 rings (SSSR count). The first kappa shape index (κ1) is 13.3. The number of aromatic nitrogens is 1. The van der Waals surface area contributed by atoms with Gasteiger partial charge in [-0.25, -0.2) is 4.79 Å². The number of nitro groups is 1. The second-order valence-electron chi connectivity index (χ2n) is 3.86. The molecule has 0 aliphatic heterocycles. The Balaban J connectivity index is 2.41. The van der Waals surface area contributed by atoms with Gasteiger partial charge in [0, 0.05) is 22.3 Å². The summed E-state index contributed by atoms with van der Waals surface area (Å²) in [5.74, 6) is -1.07. The molecular formula is C12H9BrN2O4. The normalized spacial score (nSPS) is 10.4. The zero-order valence-corrected chi connectivity index (χ0v) is 11.2. The van der Waals surface area contributed by atoms with E-state index in [0.29, 0.717) is 10.0 Å². The molecule has 6 nitrogen and oxygen atoms in total. The van der Waals surface area contributed by atoms with Crippen LogP contribution in [0.3, 0.4) is 0 Å². The van der Waals surface area contributed by atoms with Crippen LogP contribution in [-0.2, 0) is 6.54 Å². The number of carbonyl (C=O) groups is 1. The van der Waals surface area contributed by atoms with E-state index < -0.39 is 10.9 Å². The van der Waals surface area contributed by atoms with Crippen molar-refractivity contribution in [3.63, 3.8) is 0 Å². The molecular weight excluding hydrogens is 316 g/mol. The van der Waals surface area contributed by atoms with E-state index in [2.05, 4.69) is 15.9 Å². The monoisotopic (exact) mass is 324 g/mol. The number of carboxylic acid groups (broad SMARTS) is 1. The lowest BCUT2D eigenvalue weighted by Gasteiger charge is -2.07. The second kappa shape index (κ2) is 5.23. The highest BCUT2D eigenvalue weighted by atomic mass is 79.9. The van der Waals surface area contributed by atoms with E-state index in [0.717, 1.165) is 0 Å². The van der Waals surface area contributed by atoms with Crippen LogP contribution in [-0.4, -0.2) is 20.6 Å². The Morgan fingerprint density at radius 3 is 2.79 bits per heavy atom. The summed E-state index contributed by atoms with van der Waals surface area (Å²) in [5, 5.41) is 20.0. The number of nitro benzene ring substituents is 1. The minimum absolute atomic E-state index is 0.0422. The van der Waals surface area contributed by atoms with Gasteiger partial charge in [0.25, 0.3) is 5.69 Å². The van der Waals surface area contributed by atoms with Crippen molar-refractivity contribution in [3.8, 4) is 0 Å². The van der Waals surface area contributed by atoms with Crippen molar-refractivity contribution in [2.24, 2.45) is 0 Å². The van der Waals surface area contributed by atoms with Gasteiger partial charge in [0.1, 0.15) is 5.69 Å². The maximum Gasteiger partial charge on any atom is 0.352 e. The molecule has 98 valence electrons. The molecule has 0 bridgehead atoms. The molecule has 2 aromatic rings. The molecule has 0 amide bonds. The summed E-state index contributed by atoms with van der Waals surface area (Å²) in [6, 6.07) is 7.74. The van der Waals surface area contributed by atoms with Crippen LogP contribution in [0.1, 0.15) is 16.1 Å². The SMILES string of the molecule is O=C(O)c1cccn1Cc1ccc(Br)cc1[N+](=O)[O-]. The number of carboxylic acids is 1. The van der Waals surface area contributed by atoms with Gasteiger partial charge >= 0.3 is 5.97 Å². The highest BCUT2D eigenvalue weighted by molar-refractivity contribution is 9.10. The number of rotatable bonds is 4. The quantitative estimate of drug-likeness (QED) is 0.692. The summed E-state index contributed by atoms with van der Waals surface area (Å²) in [6.07, 6.45) is 1.58. The Labute approximate surface area is 116 Å². The Kier molecular flexibility index (Phi) is 3.66. The third-order valence-electron chi connectivity index (χ3n) is 2.63. The summed E-state index contributed by atoms with van der Waals surface area (Å²) in [5.41, 5.74) is 0.503. The van der Waals surface area contributed by atoms with Crippen molar-refractivity contribution in [3.05, 3.63) is 62.4 Å². The highest BCUT2D eigenvalue weighted by Gasteiger charge is 2.16. The summed E-state index contributed by atoms with van der Waals surface area (Å²) in [6.45, 7) is 0.137.